The molecule has 1 aromatic rings. The topological polar surface area (TPSA) is 88.4 Å². The molecule has 0 spiro atoms. The van der Waals surface area contributed by atoms with Crippen molar-refractivity contribution in [2.45, 2.75) is 77.9 Å². The average Bonchev–Trinajstić information content (AvgIpc) is 3.12. The molecule has 8 nitrogen and oxygen atoms in total. The molecule has 0 saturated carbocycles. The normalized spacial score (nSPS) is 24.2. The van der Waals surface area contributed by atoms with Crippen LogP contribution in [0.2, 0.25) is 0 Å². The Morgan fingerprint density at radius 2 is 1.77 bits per heavy atom. The van der Waals surface area contributed by atoms with Crippen LogP contribution in [0.25, 0.3) is 0 Å². The highest BCUT2D eigenvalue weighted by atomic mass is 16.2. The summed E-state index contributed by atoms with van der Waals surface area (Å²) in [5.41, 5.74) is 0. The van der Waals surface area contributed by atoms with Gasteiger partial charge in [0.1, 0.15) is 11.9 Å². The molecule has 1 fully saturated rings. The molecule has 0 aromatic carbocycles. The highest BCUT2D eigenvalue weighted by Gasteiger charge is 2.51. The maximum Gasteiger partial charge on any atom is 0.246 e. The Morgan fingerprint density at radius 3 is 2.42 bits per heavy atom. The van der Waals surface area contributed by atoms with E-state index >= 15 is 0 Å². The number of amides is 3. The van der Waals surface area contributed by atoms with E-state index in [2.05, 4.69) is 14.8 Å². The number of allylic oxidation sites excluding steroid dienone is 2. The van der Waals surface area contributed by atoms with E-state index in [0.717, 1.165) is 37.5 Å². The Labute approximate surface area is 183 Å². The number of hydrogen-bond acceptors (Lipinski definition) is 5. The van der Waals surface area contributed by atoms with Crippen LogP contribution >= 0.6 is 0 Å². The Bertz CT molecular complexity index is 864. The summed E-state index contributed by atoms with van der Waals surface area (Å²) in [6.45, 7) is 5.22. The standard InChI is InChI=1S/C23H33N5O3/c1-15(2)13-18(28-21(29)16-9-6-7-10-17(16)22(28)30)23(31)26(3)14-20-25-24-19-11-5-4-8-12-27(19)20/h6-7,15-18H,4-5,8-14H2,1-3H3/t16-,17-,18+/m0/s1. The fraction of sp³-hybridized carbons (Fsp3) is 0.696. The number of aromatic nitrogens is 3. The lowest BCUT2D eigenvalue weighted by Crippen LogP contribution is -2.51. The zero-order valence-corrected chi connectivity index (χ0v) is 18.8. The van der Waals surface area contributed by atoms with Crippen molar-refractivity contribution in [1.82, 2.24) is 24.6 Å². The third kappa shape index (κ3) is 4.16. The number of imide groups is 1. The van der Waals surface area contributed by atoms with Crippen molar-refractivity contribution in [3.8, 4) is 0 Å². The van der Waals surface area contributed by atoms with E-state index in [1.54, 1.807) is 11.9 Å². The van der Waals surface area contributed by atoms with E-state index < -0.39 is 6.04 Å². The molecule has 1 aliphatic carbocycles. The summed E-state index contributed by atoms with van der Waals surface area (Å²) in [6.07, 6.45) is 9.84. The molecule has 1 saturated heterocycles. The lowest BCUT2D eigenvalue weighted by Gasteiger charge is -2.30. The first-order valence-corrected chi connectivity index (χ1v) is 11.6. The number of nitrogens with zero attached hydrogens (tertiary/aromatic N) is 5. The molecular formula is C23H33N5O3. The minimum Gasteiger partial charge on any atom is -0.336 e. The number of likely N-dealkylation sites (N-methyl/N-ethyl adjacent to an activating group) is 1. The van der Waals surface area contributed by atoms with E-state index in [-0.39, 0.29) is 35.5 Å². The Kier molecular flexibility index (Phi) is 6.25. The molecule has 3 aliphatic rings. The average molecular weight is 428 g/mol. The molecule has 3 heterocycles. The van der Waals surface area contributed by atoms with Crippen LogP contribution in [-0.2, 0) is 33.9 Å². The first-order valence-electron chi connectivity index (χ1n) is 11.6. The van der Waals surface area contributed by atoms with Crippen LogP contribution in [0.4, 0.5) is 0 Å². The molecule has 1 aromatic heterocycles. The molecule has 0 N–H and O–H groups in total. The third-order valence-corrected chi connectivity index (χ3v) is 6.77. The first-order chi connectivity index (χ1) is 14.9. The number of aryl methyl sites for hydroxylation is 1. The number of rotatable bonds is 6. The van der Waals surface area contributed by atoms with Gasteiger partial charge in [0.05, 0.1) is 18.4 Å². The van der Waals surface area contributed by atoms with Gasteiger partial charge in [-0.15, -0.1) is 10.2 Å². The molecule has 3 atom stereocenters. The number of hydrogen-bond donors (Lipinski definition) is 0. The highest BCUT2D eigenvalue weighted by Crippen LogP contribution is 2.37. The number of fused-ring (bicyclic) bond motifs is 2. The van der Waals surface area contributed by atoms with E-state index in [0.29, 0.717) is 25.8 Å². The zero-order valence-electron chi connectivity index (χ0n) is 18.8. The van der Waals surface area contributed by atoms with Crippen LogP contribution in [0.15, 0.2) is 12.2 Å². The molecule has 168 valence electrons. The fourth-order valence-electron chi connectivity index (χ4n) is 5.10. The molecule has 2 aliphatic heterocycles. The van der Waals surface area contributed by atoms with E-state index in [9.17, 15) is 14.4 Å². The quantitative estimate of drug-likeness (QED) is 0.514. The van der Waals surface area contributed by atoms with Gasteiger partial charge in [0.2, 0.25) is 17.7 Å². The third-order valence-electron chi connectivity index (χ3n) is 6.77. The van der Waals surface area contributed by atoms with Gasteiger partial charge in [0.15, 0.2) is 5.82 Å². The lowest BCUT2D eigenvalue weighted by molar-refractivity contribution is -0.152. The van der Waals surface area contributed by atoms with E-state index in [1.807, 2.05) is 26.0 Å². The van der Waals surface area contributed by atoms with Gasteiger partial charge in [-0.1, -0.05) is 32.4 Å². The van der Waals surface area contributed by atoms with Gasteiger partial charge >= 0.3 is 0 Å². The van der Waals surface area contributed by atoms with Gasteiger partial charge in [0.25, 0.3) is 0 Å². The Morgan fingerprint density at radius 1 is 1.10 bits per heavy atom. The maximum atomic E-state index is 13.5. The Balaban J connectivity index is 1.54. The Hall–Kier alpha value is -2.51. The molecule has 4 rings (SSSR count). The van der Waals surface area contributed by atoms with E-state index in [1.165, 1.54) is 11.3 Å². The van der Waals surface area contributed by atoms with Crippen molar-refractivity contribution in [2.75, 3.05) is 7.05 Å². The summed E-state index contributed by atoms with van der Waals surface area (Å²) in [4.78, 5) is 42.7. The van der Waals surface area contributed by atoms with E-state index in [4.69, 9.17) is 0 Å². The molecule has 0 radical (unpaired) electrons. The van der Waals surface area contributed by atoms with Crippen molar-refractivity contribution in [2.24, 2.45) is 17.8 Å². The van der Waals surface area contributed by atoms with Crippen molar-refractivity contribution >= 4 is 17.7 Å². The second kappa shape index (κ2) is 8.93. The van der Waals surface area contributed by atoms with Crippen molar-refractivity contribution < 1.29 is 14.4 Å². The fourth-order valence-corrected chi connectivity index (χ4v) is 5.10. The second-order valence-electron chi connectivity index (χ2n) is 9.54. The maximum absolute atomic E-state index is 13.5. The number of likely N-dealkylation sites (tertiary alicyclic amines) is 1. The van der Waals surface area contributed by atoms with Crippen molar-refractivity contribution in [3.63, 3.8) is 0 Å². The molecule has 8 heteroatoms. The summed E-state index contributed by atoms with van der Waals surface area (Å²) in [5, 5.41) is 8.65. The van der Waals surface area contributed by atoms with Gasteiger partial charge in [-0.05, 0) is 38.0 Å². The number of carbonyl (C=O) groups excluding carboxylic acids is 3. The molecule has 31 heavy (non-hydrogen) atoms. The summed E-state index contributed by atoms with van der Waals surface area (Å²) < 4.78 is 2.13. The van der Waals surface area contributed by atoms with Crippen LogP contribution in [0, 0.1) is 17.8 Å². The predicted octanol–water partition coefficient (Wildman–Crippen LogP) is 2.33. The summed E-state index contributed by atoms with van der Waals surface area (Å²) in [5.74, 6) is 0.698. The van der Waals surface area contributed by atoms with Gasteiger partial charge in [-0.3, -0.25) is 19.3 Å². The zero-order chi connectivity index (χ0) is 22.1. The van der Waals surface area contributed by atoms with Crippen LogP contribution in [0.3, 0.4) is 0 Å². The molecule has 3 amide bonds. The lowest BCUT2D eigenvalue weighted by atomic mass is 9.85. The van der Waals surface area contributed by atoms with Gasteiger partial charge in [-0.2, -0.15) is 0 Å². The second-order valence-corrected chi connectivity index (χ2v) is 9.54. The van der Waals surface area contributed by atoms with Gasteiger partial charge in [-0.25, -0.2) is 0 Å². The number of carbonyl (C=O) groups is 3. The summed E-state index contributed by atoms with van der Waals surface area (Å²) in [7, 11) is 1.73. The molecule has 0 bridgehead atoms. The van der Waals surface area contributed by atoms with Crippen LogP contribution in [0.5, 0.6) is 0 Å². The summed E-state index contributed by atoms with van der Waals surface area (Å²) in [6, 6.07) is -0.762. The minimum atomic E-state index is -0.762. The van der Waals surface area contributed by atoms with Crippen molar-refractivity contribution in [3.05, 3.63) is 23.8 Å². The van der Waals surface area contributed by atoms with Crippen molar-refractivity contribution in [1.29, 1.82) is 0 Å². The SMILES string of the molecule is CC(C)C[C@H](C(=O)N(C)Cc1nnc2n1CCCCC2)N1C(=O)[C@H]2CC=CC[C@@H]2C1=O. The highest BCUT2D eigenvalue weighted by molar-refractivity contribution is 6.08. The summed E-state index contributed by atoms with van der Waals surface area (Å²) >= 11 is 0. The molecular weight excluding hydrogens is 394 g/mol. The monoisotopic (exact) mass is 427 g/mol. The minimum absolute atomic E-state index is 0.174. The van der Waals surface area contributed by atoms with Gasteiger partial charge < -0.3 is 9.47 Å². The predicted molar refractivity (Wildman–Crippen MR) is 115 cm³/mol. The van der Waals surface area contributed by atoms with Crippen LogP contribution in [0.1, 0.15) is 64.0 Å². The van der Waals surface area contributed by atoms with Gasteiger partial charge in [0, 0.05) is 20.0 Å². The first kappa shape index (κ1) is 21.7. The molecule has 0 unspecified atom stereocenters. The largest absolute Gasteiger partial charge is 0.336 e. The van der Waals surface area contributed by atoms with Crippen LogP contribution in [-0.4, -0.2) is 55.4 Å². The van der Waals surface area contributed by atoms with Crippen LogP contribution < -0.4 is 0 Å². The smallest absolute Gasteiger partial charge is 0.246 e.